The first-order valence-electron chi connectivity index (χ1n) is 6.27. The van der Waals surface area contributed by atoms with Crippen molar-refractivity contribution < 1.29 is 9.84 Å². The molecular weight excluding hydrogens is 254 g/mol. The maximum Gasteiger partial charge on any atom is 0.127 e. The Kier molecular flexibility index (Phi) is 2.82. The van der Waals surface area contributed by atoms with Crippen LogP contribution in [0.2, 0.25) is 0 Å². The Balaban J connectivity index is 2.29. The van der Waals surface area contributed by atoms with Crippen LogP contribution in [0.25, 0.3) is 22.3 Å². The van der Waals surface area contributed by atoms with Crippen LogP contribution in [0.4, 0.5) is 0 Å². The van der Waals surface area contributed by atoms with Crippen molar-refractivity contribution >= 4 is 10.9 Å². The molecule has 0 aliphatic carbocycles. The molecule has 1 N–H and O–H groups in total. The van der Waals surface area contributed by atoms with Crippen LogP contribution in [-0.2, 0) is 7.05 Å². The number of nitrogens with zero attached hydrogens (tertiary/aromatic N) is 3. The maximum atomic E-state index is 10.2. The third-order valence-electron chi connectivity index (χ3n) is 3.36. The molecule has 2 heterocycles. The van der Waals surface area contributed by atoms with Crippen molar-refractivity contribution in [2.75, 3.05) is 7.11 Å². The molecule has 0 saturated heterocycles. The zero-order valence-electron chi connectivity index (χ0n) is 11.6. The van der Waals surface area contributed by atoms with Crippen molar-refractivity contribution in [1.29, 1.82) is 0 Å². The minimum absolute atomic E-state index is 0.196. The summed E-state index contributed by atoms with van der Waals surface area (Å²) in [6.45, 7) is 1.93. The first-order chi connectivity index (χ1) is 9.60. The van der Waals surface area contributed by atoms with Gasteiger partial charge in [-0.15, -0.1) is 0 Å². The van der Waals surface area contributed by atoms with Gasteiger partial charge in [-0.2, -0.15) is 5.10 Å². The van der Waals surface area contributed by atoms with E-state index in [0.29, 0.717) is 11.1 Å². The highest BCUT2D eigenvalue weighted by atomic mass is 16.5. The number of rotatable bonds is 2. The van der Waals surface area contributed by atoms with Gasteiger partial charge in [0.1, 0.15) is 17.2 Å². The van der Waals surface area contributed by atoms with E-state index in [2.05, 4.69) is 10.1 Å². The lowest BCUT2D eigenvalue weighted by Gasteiger charge is -2.10. The topological polar surface area (TPSA) is 60.2 Å². The molecule has 0 aliphatic heterocycles. The summed E-state index contributed by atoms with van der Waals surface area (Å²) in [5, 5.41) is 15.2. The summed E-state index contributed by atoms with van der Waals surface area (Å²) >= 11 is 0. The van der Waals surface area contributed by atoms with Crippen LogP contribution in [0.15, 0.2) is 30.5 Å². The number of benzene rings is 1. The predicted octanol–water partition coefficient (Wildman–Crippen LogP) is 2.66. The number of aromatic hydroxyl groups is 1. The first-order valence-corrected chi connectivity index (χ1v) is 6.27. The Labute approximate surface area is 116 Å². The summed E-state index contributed by atoms with van der Waals surface area (Å²) in [5.41, 5.74) is 3.00. The fourth-order valence-corrected chi connectivity index (χ4v) is 2.30. The van der Waals surface area contributed by atoms with E-state index in [1.807, 2.05) is 38.4 Å². The highest BCUT2D eigenvalue weighted by Crippen LogP contribution is 2.33. The standard InChI is InChI=1S/C15H15N3O2/c1-9-14(20-3)5-4-10-13(19)8-12(16-15(9)10)11-6-7-18(2)17-11/h4-8H,1-3H3,(H,16,19). The fraction of sp³-hybridized carbons (Fsp3) is 0.200. The number of methoxy groups -OCH3 is 1. The second-order valence-corrected chi connectivity index (χ2v) is 4.69. The van der Waals surface area contributed by atoms with E-state index in [1.165, 1.54) is 0 Å². The third-order valence-corrected chi connectivity index (χ3v) is 3.36. The lowest BCUT2D eigenvalue weighted by molar-refractivity contribution is 0.412. The minimum Gasteiger partial charge on any atom is -0.507 e. The van der Waals surface area contributed by atoms with Crippen LogP contribution in [0, 0.1) is 6.92 Å². The van der Waals surface area contributed by atoms with Gasteiger partial charge in [0.05, 0.1) is 18.3 Å². The maximum absolute atomic E-state index is 10.2. The smallest absolute Gasteiger partial charge is 0.127 e. The van der Waals surface area contributed by atoms with Crippen molar-refractivity contribution in [3.8, 4) is 22.9 Å². The van der Waals surface area contributed by atoms with Gasteiger partial charge in [0.25, 0.3) is 0 Å². The van der Waals surface area contributed by atoms with Gasteiger partial charge in [0, 0.05) is 30.3 Å². The molecule has 3 rings (SSSR count). The molecule has 0 atom stereocenters. The molecule has 0 fully saturated rings. The molecule has 1 aromatic carbocycles. The Bertz CT molecular complexity index is 793. The third kappa shape index (κ3) is 1.87. The van der Waals surface area contributed by atoms with Crippen LogP contribution in [0.5, 0.6) is 11.5 Å². The summed E-state index contributed by atoms with van der Waals surface area (Å²) < 4.78 is 7.01. The van der Waals surface area contributed by atoms with Crippen LogP contribution >= 0.6 is 0 Å². The van der Waals surface area contributed by atoms with Gasteiger partial charge in [-0.3, -0.25) is 4.68 Å². The highest BCUT2D eigenvalue weighted by Gasteiger charge is 2.12. The molecule has 0 spiro atoms. The molecule has 20 heavy (non-hydrogen) atoms. The quantitative estimate of drug-likeness (QED) is 0.777. The number of ether oxygens (including phenoxy) is 1. The lowest BCUT2D eigenvalue weighted by atomic mass is 10.1. The molecule has 0 amide bonds. The summed E-state index contributed by atoms with van der Waals surface area (Å²) in [6.07, 6.45) is 1.84. The average molecular weight is 269 g/mol. The van der Waals surface area contributed by atoms with Gasteiger partial charge >= 0.3 is 0 Å². The van der Waals surface area contributed by atoms with Gasteiger partial charge in [0.2, 0.25) is 0 Å². The van der Waals surface area contributed by atoms with Crippen molar-refractivity contribution in [3.05, 3.63) is 36.0 Å². The molecule has 2 aromatic heterocycles. The Hall–Kier alpha value is -2.56. The van der Waals surface area contributed by atoms with Crippen molar-refractivity contribution in [2.45, 2.75) is 6.92 Å². The first kappa shape index (κ1) is 12.5. The normalized spacial score (nSPS) is 10.9. The van der Waals surface area contributed by atoms with Crippen LogP contribution < -0.4 is 4.74 Å². The molecule has 0 bridgehead atoms. The van der Waals surface area contributed by atoms with Gasteiger partial charge in [-0.05, 0) is 25.1 Å². The van der Waals surface area contributed by atoms with E-state index in [9.17, 15) is 5.11 Å². The molecule has 5 nitrogen and oxygen atoms in total. The van der Waals surface area contributed by atoms with E-state index in [4.69, 9.17) is 4.74 Å². The Morgan fingerprint density at radius 2 is 2.00 bits per heavy atom. The highest BCUT2D eigenvalue weighted by molar-refractivity contribution is 5.91. The van der Waals surface area contributed by atoms with E-state index >= 15 is 0 Å². The van der Waals surface area contributed by atoms with Gasteiger partial charge in [-0.25, -0.2) is 4.98 Å². The number of fused-ring (bicyclic) bond motifs is 1. The summed E-state index contributed by atoms with van der Waals surface area (Å²) in [4.78, 5) is 4.61. The second kappa shape index (κ2) is 4.52. The molecule has 3 aromatic rings. The largest absolute Gasteiger partial charge is 0.507 e. The number of hydrogen-bond donors (Lipinski definition) is 1. The van der Waals surface area contributed by atoms with Crippen LogP contribution in [0.3, 0.4) is 0 Å². The minimum atomic E-state index is 0.196. The fourth-order valence-electron chi connectivity index (χ4n) is 2.30. The Morgan fingerprint density at radius 1 is 1.20 bits per heavy atom. The predicted molar refractivity (Wildman–Crippen MR) is 76.9 cm³/mol. The number of hydrogen-bond acceptors (Lipinski definition) is 4. The van der Waals surface area contributed by atoms with E-state index < -0.39 is 0 Å². The molecule has 0 unspecified atom stereocenters. The van der Waals surface area contributed by atoms with Crippen LogP contribution in [0.1, 0.15) is 5.56 Å². The average Bonchev–Trinajstić information content (AvgIpc) is 2.86. The zero-order chi connectivity index (χ0) is 14.3. The molecule has 5 heteroatoms. The van der Waals surface area contributed by atoms with E-state index in [0.717, 1.165) is 22.5 Å². The van der Waals surface area contributed by atoms with Crippen molar-refractivity contribution in [1.82, 2.24) is 14.8 Å². The van der Waals surface area contributed by atoms with Gasteiger partial charge in [-0.1, -0.05) is 0 Å². The van der Waals surface area contributed by atoms with Crippen molar-refractivity contribution in [3.63, 3.8) is 0 Å². The lowest BCUT2D eigenvalue weighted by Crippen LogP contribution is -1.94. The van der Waals surface area contributed by atoms with Crippen molar-refractivity contribution in [2.24, 2.45) is 7.05 Å². The van der Waals surface area contributed by atoms with E-state index in [1.54, 1.807) is 17.9 Å². The monoisotopic (exact) mass is 269 g/mol. The summed E-state index contributed by atoms with van der Waals surface area (Å²) in [7, 11) is 3.47. The summed E-state index contributed by atoms with van der Waals surface area (Å²) in [5.74, 6) is 0.948. The molecule has 0 radical (unpaired) electrons. The Morgan fingerprint density at radius 3 is 2.65 bits per heavy atom. The molecule has 102 valence electrons. The van der Waals surface area contributed by atoms with Crippen LogP contribution in [-0.4, -0.2) is 27.0 Å². The van der Waals surface area contributed by atoms with E-state index in [-0.39, 0.29) is 5.75 Å². The number of aromatic nitrogens is 3. The summed E-state index contributed by atoms with van der Waals surface area (Å²) in [6, 6.07) is 7.14. The second-order valence-electron chi connectivity index (χ2n) is 4.69. The zero-order valence-corrected chi connectivity index (χ0v) is 11.6. The SMILES string of the molecule is COc1ccc2c(O)cc(-c3ccn(C)n3)nc2c1C. The van der Waals surface area contributed by atoms with Gasteiger partial charge in [0.15, 0.2) is 0 Å². The molecule has 0 saturated carbocycles. The molecular formula is C15H15N3O2. The van der Waals surface area contributed by atoms with Gasteiger partial charge < -0.3 is 9.84 Å². The molecule has 0 aliphatic rings. The number of aryl methyl sites for hydroxylation is 2. The number of pyridine rings is 1.